The Labute approximate surface area is 317 Å². The predicted octanol–water partition coefficient (Wildman–Crippen LogP) is 11.7. The van der Waals surface area contributed by atoms with Crippen molar-refractivity contribution in [2.24, 2.45) is 5.41 Å². The number of nitrogens with zero attached hydrogens (tertiary/aromatic N) is 4. The van der Waals surface area contributed by atoms with Crippen LogP contribution in [0.1, 0.15) is 75.9 Å². The quantitative estimate of drug-likeness (QED) is 0.0962. The second-order valence-corrected chi connectivity index (χ2v) is 14.7. The third kappa shape index (κ3) is 7.90. The van der Waals surface area contributed by atoms with Gasteiger partial charge in [-0.25, -0.2) is 4.98 Å². The summed E-state index contributed by atoms with van der Waals surface area (Å²) in [6.07, 6.45) is 8.98. The van der Waals surface area contributed by atoms with Crippen LogP contribution in [0.2, 0.25) is 0 Å². The molecule has 0 saturated carbocycles. The van der Waals surface area contributed by atoms with Crippen molar-refractivity contribution in [1.29, 1.82) is 0 Å². The second kappa shape index (κ2) is 15.4. The fourth-order valence-corrected chi connectivity index (χ4v) is 7.12. The monoisotopic (exact) mass is 853 g/mol. The molecule has 0 unspecified atom stereocenters. The van der Waals surface area contributed by atoms with Crippen LogP contribution in [0.25, 0.3) is 44.4 Å². The van der Waals surface area contributed by atoms with E-state index in [4.69, 9.17) is 14.8 Å². The molecule has 51 heavy (non-hydrogen) atoms. The molecule has 0 aliphatic carbocycles. The van der Waals surface area contributed by atoms with E-state index < -0.39 is 0 Å². The standard InChI is InChI=1S/C45H46N4O.Pt/c1-7-8-9-11-15-33-20-23-41-40(26-33)39-22-21-38(29-42(39)48(41)43-27-34(24-25-46-43)30-45(4,5)6)50-37-19-14-18-36(28-37)49-32(3)44(31(2)47-49)35-16-12-10-13-17-35;/h10,12-14,16-27H,7-9,11,15,30H2,1-6H3;/q-2;+2. The summed E-state index contributed by atoms with van der Waals surface area (Å²) >= 11 is 0. The van der Waals surface area contributed by atoms with E-state index in [1.165, 1.54) is 42.2 Å². The first-order valence-electron chi connectivity index (χ1n) is 18.0. The van der Waals surface area contributed by atoms with E-state index in [0.717, 1.165) is 63.3 Å². The average molecular weight is 854 g/mol. The molecule has 0 fully saturated rings. The van der Waals surface area contributed by atoms with Crippen molar-refractivity contribution in [2.75, 3.05) is 0 Å². The summed E-state index contributed by atoms with van der Waals surface area (Å²) in [6.45, 7) is 13.2. The Balaban J connectivity index is 0.00000448. The number of rotatable bonds is 11. The van der Waals surface area contributed by atoms with Gasteiger partial charge in [-0.15, -0.1) is 35.7 Å². The van der Waals surface area contributed by atoms with E-state index in [0.29, 0.717) is 11.5 Å². The zero-order valence-electron chi connectivity index (χ0n) is 30.5. The molecule has 0 spiro atoms. The molecule has 0 radical (unpaired) electrons. The van der Waals surface area contributed by atoms with Crippen molar-refractivity contribution in [2.45, 2.75) is 80.1 Å². The Morgan fingerprint density at radius 1 is 0.765 bits per heavy atom. The minimum Gasteiger partial charge on any atom is -0.509 e. The molecule has 0 aliphatic heterocycles. The molecule has 0 amide bonds. The maximum absolute atomic E-state index is 6.50. The van der Waals surface area contributed by atoms with Crippen molar-refractivity contribution in [3.05, 3.63) is 132 Å². The van der Waals surface area contributed by atoms with Gasteiger partial charge in [0.15, 0.2) is 0 Å². The van der Waals surface area contributed by atoms with Crippen LogP contribution in [0.4, 0.5) is 0 Å². The Hall–Kier alpha value is -4.47. The largest absolute Gasteiger partial charge is 2.00 e. The number of pyridine rings is 1. The molecule has 4 aromatic carbocycles. The Morgan fingerprint density at radius 3 is 2.35 bits per heavy atom. The first-order chi connectivity index (χ1) is 24.2. The van der Waals surface area contributed by atoms with Gasteiger partial charge in [0.05, 0.1) is 5.69 Å². The minimum atomic E-state index is 0. The summed E-state index contributed by atoms with van der Waals surface area (Å²) in [4.78, 5) is 4.89. The topological polar surface area (TPSA) is 44.9 Å². The Kier molecular flexibility index (Phi) is 11.0. The van der Waals surface area contributed by atoms with Crippen LogP contribution < -0.4 is 4.74 Å². The third-order valence-electron chi connectivity index (χ3n) is 9.36. The van der Waals surface area contributed by atoms with Crippen molar-refractivity contribution >= 4 is 21.8 Å². The molecule has 0 aliphatic rings. The van der Waals surface area contributed by atoms with Gasteiger partial charge >= 0.3 is 21.1 Å². The molecule has 7 aromatic rings. The van der Waals surface area contributed by atoms with Crippen molar-refractivity contribution in [3.63, 3.8) is 0 Å². The van der Waals surface area contributed by atoms with Gasteiger partial charge in [0.1, 0.15) is 5.82 Å². The zero-order chi connectivity index (χ0) is 34.8. The van der Waals surface area contributed by atoms with Crippen molar-refractivity contribution < 1.29 is 25.8 Å². The number of ether oxygens (including phenoxy) is 1. The molecule has 3 aromatic heterocycles. The van der Waals surface area contributed by atoms with Crippen molar-refractivity contribution in [1.82, 2.24) is 19.3 Å². The average Bonchev–Trinajstić information content (AvgIpc) is 3.58. The van der Waals surface area contributed by atoms with Crippen LogP contribution in [0, 0.1) is 31.4 Å². The molecule has 0 atom stereocenters. The summed E-state index contributed by atoms with van der Waals surface area (Å²) in [5, 5.41) is 7.24. The number of hydrogen-bond donors (Lipinski definition) is 0. The number of aryl methyl sites for hydroxylation is 2. The van der Waals surface area contributed by atoms with Gasteiger partial charge in [0.25, 0.3) is 0 Å². The fourth-order valence-electron chi connectivity index (χ4n) is 7.12. The number of unbranched alkanes of at least 4 members (excludes halogenated alkanes) is 3. The molecule has 3 heterocycles. The normalized spacial score (nSPS) is 11.6. The predicted molar refractivity (Wildman–Crippen MR) is 206 cm³/mol. The molecule has 5 nitrogen and oxygen atoms in total. The van der Waals surface area contributed by atoms with Gasteiger partial charge in [-0.05, 0) is 84.5 Å². The molecule has 0 bridgehead atoms. The number of fused-ring (bicyclic) bond motifs is 3. The fraction of sp³-hybridized carbons (Fsp3) is 0.289. The first kappa shape index (κ1) is 36.3. The van der Waals surface area contributed by atoms with E-state index in [1.807, 2.05) is 41.2 Å². The number of aromatic nitrogens is 4. The summed E-state index contributed by atoms with van der Waals surface area (Å²) in [6, 6.07) is 38.9. The van der Waals surface area contributed by atoms with Crippen LogP contribution in [0.5, 0.6) is 11.5 Å². The van der Waals surface area contributed by atoms with E-state index >= 15 is 0 Å². The maximum Gasteiger partial charge on any atom is 2.00 e. The molecule has 0 saturated heterocycles. The third-order valence-corrected chi connectivity index (χ3v) is 9.36. The van der Waals surface area contributed by atoms with Crippen LogP contribution >= 0.6 is 0 Å². The number of benzene rings is 4. The van der Waals surface area contributed by atoms with Gasteiger partial charge in [0.2, 0.25) is 0 Å². The van der Waals surface area contributed by atoms with E-state index in [1.54, 1.807) is 0 Å². The van der Waals surface area contributed by atoms with Crippen LogP contribution in [-0.4, -0.2) is 19.3 Å². The second-order valence-electron chi connectivity index (χ2n) is 14.7. The smallest absolute Gasteiger partial charge is 0.509 e. The number of hydrogen-bond acceptors (Lipinski definition) is 3. The molecule has 0 N–H and O–H groups in total. The van der Waals surface area contributed by atoms with Crippen molar-refractivity contribution in [3.8, 4) is 34.1 Å². The Morgan fingerprint density at radius 2 is 1.57 bits per heavy atom. The van der Waals surface area contributed by atoms with E-state index in [9.17, 15) is 0 Å². The van der Waals surface area contributed by atoms with E-state index in [2.05, 4.69) is 119 Å². The van der Waals surface area contributed by atoms with Gasteiger partial charge in [-0.1, -0.05) is 94.9 Å². The van der Waals surface area contributed by atoms with Crippen LogP contribution in [0.3, 0.4) is 0 Å². The Bertz CT molecular complexity index is 2280. The summed E-state index contributed by atoms with van der Waals surface area (Å²) in [5.74, 6) is 2.12. The summed E-state index contributed by atoms with van der Waals surface area (Å²) < 4.78 is 10.7. The zero-order valence-corrected chi connectivity index (χ0v) is 32.8. The van der Waals surface area contributed by atoms with Gasteiger partial charge in [-0.2, -0.15) is 17.2 Å². The maximum atomic E-state index is 6.50. The molecular weight excluding hydrogens is 808 g/mol. The molecule has 6 heteroatoms. The molecular formula is C45H46N4OPt. The SMILES string of the molecule is CCCCCCc1ccc2c(c1)c1ccc(Oc3[c-]c(-n4nc(C)c(-c5ccccc5)c4C)ccc3)[c-]c1n2-c1cc(CC(C)(C)C)ccn1.[Pt+2]. The molecule has 7 rings (SSSR count). The van der Waals surface area contributed by atoms with Gasteiger partial charge < -0.3 is 9.30 Å². The van der Waals surface area contributed by atoms with Crippen LogP contribution in [0.15, 0.2) is 97.2 Å². The van der Waals surface area contributed by atoms with Gasteiger partial charge in [-0.3, -0.25) is 4.68 Å². The molecule has 262 valence electrons. The van der Waals surface area contributed by atoms with E-state index in [-0.39, 0.29) is 26.5 Å². The first-order valence-corrected chi connectivity index (χ1v) is 18.0. The minimum absolute atomic E-state index is 0. The summed E-state index contributed by atoms with van der Waals surface area (Å²) in [5.41, 5.74) is 10.0. The summed E-state index contributed by atoms with van der Waals surface area (Å²) in [7, 11) is 0. The van der Waals surface area contributed by atoms with Crippen LogP contribution in [-0.2, 0) is 33.9 Å². The van der Waals surface area contributed by atoms with Gasteiger partial charge in [0, 0.05) is 34.5 Å².